The van der Waals surface area contributed by atoms with E-state index in [4.69, 9.17) is 10.3 Å². The van der Waals surface area contributed by atoms with Crippen molar-refractivity contribution in [1.82, 2.24) is 10.1 Å². The number of aromatic nitrogens is 2. The number of aryl methyl sites for hydroxylation is 2. The molecule has 0 amide bonds. The number of nitrogens with zero attached hydrogens (tertiary/aromatic N) is 2. The molecule has 0 spiro atoms. The molecule has 0 saturated heterocycles. The van der Waals surface area contributed by atoms with E-state index in [-0.39, 0.29) is 5.75 Å². The summed E-state index contributed by atoms with van der Waals surface area (Å²) in [7, 11) is 0. The predicted octanol–water partition coefficient (Wildman–Crippen LogP) is 3.09. The molecule has 3 rings (SSSR count). The van der Waals surface area contributed by atoms with E-state index >= 15 is 0 Å². The van der Waals surface area contributed by atoms with Crippen LogP contribution >= 0.6 is 0 Å². The minimum Gasteiger partial charge on any atom is -0.406 e. The number of hydrogen-bond donors (Lipinski definition) is 1. The summed E-state index contributed by atoms with van der Waals surface area (Å²) in [4.78, 5) is 4.26. The van der Waals surface area contributed by atoms with Crippen molar-refractivity contribution in [1.29, 1.82) is 0 Å². The first-order valence-corrected chi connectivity index (χ1v) is 7.31. The summed E-state index contributed by atoms with van der Waals surface area (Å²) in [6.07, 6.45) is -1.44. The van der Waals surface area contributed by atoms with Crippen LogP contribution in [0.3, 0.4) is 0 Å². The number of benzene rings is 1. The molecule has 0 atom stereocenters. The maximum Gasteiger partial charge on any atom is 0.573 e. The molecule has 8 heteroatoms. The van der Waals surface area contributed by atoms with Gasteiger partial charge in [0.2, 0.25) is 5.89 Å². The molecule has 1 aromatic heterocycles. The molecule has 1 saturated carbocycles. The molecule has 23 heavy (non-hydrogen) atoms. The zero-order chi connectivity index (χ0) is 16.5. The smallest absolute Gasteiger partial charge is 0.406 e. The van der Waals surface area contributed by atoms with Crippen molar-refractivity contribution in [2.45, 2.75) is 44.0 Å². The third kappa shape index (κ3) is 3.64. The Kier molecular flexibility index (Phi) is 4.01. The quantitative estimate of drug-likeness (QED) is 0.913. The van der Waals surface area contributed by atoms with Crippen molar-refractivity contribution in [2.75, 3.05) is 0 Å². The van der Waals surface area contributed by atoms with Gasteiger partial charge in [-0.1, -0.05) is 23.4 Å². The van der Waals surface area contributed by atoms with Crippen LogP contribution in [0.4, 0.5) is 13.2 Å². The minimum atomic E-state index is -4.72. The first kappa shape index (κ1) is 15.8. The van der Waals surface area contributed by atoms with Crippen LogP contribution in [0.15, 0.2) is 28.8 Å². The van der Waals surface area contributed by atoms with Crippen LogP contribution in [0, 0.1) is 0 Å². The van der Waals surface area contributed by atoms with Gasteiger partial charge in [0.1, 0.15) is 5.75 Å². The average molecular weight is 327 g/mol. The number of rotatable bonds is 5. The van der Waals surface area contributed by atoms with Gasteiger partial charge in [0.25, 0.3) is 0 Å². The Morgan fingerprint density at radius 3 is 2.61 bits per heavy atom. The molecule has 1 aliphatic carbocycles. The van der Waals surface area contributed by atoms with Gasteiger partial charge in [-0.05, 0) is 37.3 Å². The Morgan fingerprint density at radius 2 is 1.96 bits per heavy atom. The summed E-state index contributed by atoms with van der Waals surface area (Å²) in [6, 6.07) is 6.01. The molecule has 2 aromatic rings. The van der Waals surface area contributed by atoms with Crippen LogP contribution in [0.25, 0.3) is 0 Å². The van der Waals surface area contributed by atoms with Crippen molar-refractivity contribution >= 4 is 0 Å². The molecular weight excluding hydrogens is 311 g/mol. The van der Waals surface area contributed by atoms with Crippen molar-refractivity contribution in [3.8, 4) is 5.75 Å². The van der Waals surface area contributed by atoms with Gasteiger partial charge in [0.15, 0.2) is 5.82 Å². The van der Waals surface area contributed by atoms with Gasteiger partial charge in [-0.2, -0.15) is 4.98 Å². The molecule has 1 heterocycles. The summed E-state index contributed by atoms with van der Waals surface area (Å²) in [5.74, 6) is 0.617. The molecule has 1 aromatic carbocycles. The lowest BCUT2D eigenvalue weighted by molar-refractivity contribution is -0.274. The molecule has 2 N–H and O–H groups in total. The summed E-state index contributed by atoms with van der Waals surface area (Å²) >= 11 is 0. The maximum absolute atomic E-state index is 12.4. The second-order valence-corrected chi connectivity index (χ2v) is 5.68. The Balaban J connectivity index is 1.67. The van der Waals surface area contributed by atoms with E-state index in [0.717, 1.165) is 19.3 Å². The average Bonchev–Trinajstić information content (AvgIpc) is 2.91. The van der Waals surface area contributed by atoms with Gasteiger partial charge < -0.3 is 15.0 Å². The maximum atomic E-state index is 12.4. The van der Waals surface area contributed by atoms with Gasteiger partial charge in [-0.3, -0.25) is 0 Å². The van der Waals surface area contributed by atoms with E-state index in [9.17, 15) is 13.2 Å². The second kappa shape index (κ2) is 5.84. The highest BCUT2D eigenvalue weighted by atomic mass is 19.4. The first-order valence-electron chi connectivity index (χ1n) is 7.31. The lowest BCUT2D eigenvalue weighted by Gasteiger charge is -2.34. The van der Waals surface area contributed by atoms with E-state index in [1.54, 1.807) is 12.1 Å². The number of para-hydroxylation sites is 1. The number of alkyl halides is 3. The largest absolute Gasteiger partial charge is 0.573 e. The standard InChI is InChI=1S/C15H16F3N3O2/c16-15(17,18)22-11-5-2-1-4-10(11)6-7-12-20-13(21-23-12)14(19)8-3-9-14/h1-2,4-5H,3,6-9,19H2. The lowest BCUT2D eigenvalue weighted by Crippen LogP contribution is -2.44. The Hall–Kier alpha value is -2.09. The predicted molar refractivity (Wildman–Crippen MR) is 74.5 cm³/mol. The summed E-state index contributed by atoms with van der Waals surface area (Å²) in [6.45, 7) is 0. The highest BCUT2D eigenvalue weighted by Gasteiger charge is 2.39. The zero-order valence-electron chi connectivity index (χ0n) is 12.3. The second-order valence-electron chi connectivity index (χ2n) is 5.68. The third-order valence-corrected chi connectivity index (χ3v) is 3.97. The topological polar surface area (TPSA) is 74.2 Å². The number of halogens is 3. The Bertz CT molecular complexity index is 681. The van der Waals surface area contributed by atoms with E-state index < -0.39 is 11.9 Å². The van der Waals surface area contributed by atoms with E-state index in [0.29, 0.717) is 30.1 Å². The van der Waals surface area contributed by atoms with Crippen LogP contribution in [0.2, 0.25) is 0 Å². The van der Waals surface area contributed by atoms with Crippen molar-refractivity contribution in [3.05, 3.63) is 41.5 Å². The Morgan fingerprint density at radius 1 is 1.22 bits per heavy atom. The monoisotopic (exact) mass is 327 g/mol. The fourth-order valence-corrected chi connectivity index (χ4v) is 2.52. The molecule has 0 aliphatic heterocycles. The number of hydrogen-bond acceptors (Lipinski definition) is 5. The normalized spacial score (nSPS) is 16.9. The Labute approximate surface area is 130 Å². The molecule has 124 valence electrons. The van der Waals surface area contributed by atoms with Crippen LogP contribution < -0.4 is 10.5 Å². The highest BCUT2D eigenvalue weighted by Crippen LogP contribution is 2.37. The van der Waals surface area contributed by atoms with Crippen LogP contribution in [-0.4, -0.2) is 16.5 Å². The third-order valence-electron chi connectivity index (χ3n) is 3.97. The van der Waals surface area contributed by atoms with Crippen molar-refractivity contribution in [3.63, 3.8) is 0 Å². The van der Waals surface area contributed by atoms with Crippen LogP contribution in [-0.2, 0) is 18.4 Å². The van der Waals surface area contributed by atoms with Gasteiger partial charge in [0.05, 0.1) is 5.54 Å². The number of nitrogens with two attached hydrogens (primary N) is 1. The molecular formula is C15H16F3N3O2. The fourth-order valence-electron chi connectivity index (χ4n) is 2.52. The number of ether oxygens (including phenoxy) is 1. The summed E-state index contributed by atoms with van der Waals surface area (Å²) < 4.78 is 46.3. The highest BCUT2D eigenvalue weighted by molar-refractivity contribution is 5.33. The van der Waals surface area contributed by atoms with Gasteiger partial charge in [0, 0.05) is 6.42 Å². The van der Waals surface area contributed by atoms with Crippen molar-refractivity contribution in [2.24, 2.45) is 5.73 Å². The molecule has 0 radical (unpaired) electrons. The zero-order valence-corrected chi connectivity index (χ0v) is 12.3. The van der Waals surface area contributed by atoms with Crippen molar-refractivity contribution < 1.29 is 22.4 Å². The summed E-state index contributed by atoms with van der Waals surface area (Å²) in [5.41, 5.74) is 6.02. The minimum absolute atomic E-state index is 0.214. The van der Waals surface area contributed by atoms with E-state index in [1.807, 2.05) is 0 Å². The van der Waals surface area contributed by atoms with E-state index in [1.165, 1.54) is 12.1 Å². The molecule has 1 fully saturated rings. The molecule has 0 unspecified atom stereocenters. The SMILES string of the molecule is NC1(c2noc(CCc3ccccc3OC(F)(F)F)n2)CCC1. The molecule has 5 nitrogen and oxygen atoms in total. The fraction of sp³-hybridized carbons (Fsp3) is 0.467. The van der Waals surface area contributed by atoms with Gasteiger partial charge >= 0.3 is 6.36 Å². The van der Waals surface area contributed by atoms with Gasteiger partial charge in [-0.25, -0.2) is 0 Å². The lowest BCUT2D eigenvalue weighted by atomic mass is 9.77. The molecule has 0 bridgehead atoms. The summed E-state index contributed by atoms with van der Waals surface area (Å²) in [5, 5.41) is 3.88. The van der Waals surface area contributed by atoms with Crippen LogP contribution in [0.1, 0.15) is 36.5 Å². The molecule has 1 aliphatic rings. The van der Waals surface area contributed by atoms with E-state index in [2.05, 4.69) is 14.9 Å². The first-order chi connectivity index (χ1) is 10.9. The van der Waals surface area contributed by atoms with Crippen LogP contribution in [0.5, 0.6) is 5.75 Å². The van der Waals surface area contributed by atoms with Gasteiger partial charge in [-0.15, -0.1) is 13.2 Å².